The van der Waals surface area contributed by atoms with Gasteiger partial charge >= 0.3 is 5.97 Å². The van der Waals surface area contributed by atoms with Gasteiger partial charge in [-0.2, -0.15) is 0 Å². The Kier molecular flexibility index (Phi) is 2.96. The minimum Gasteiger partial charge on any atom is -0.481 e. The number of amides is 1. The zero-order valence-corrected chi connectivity index (χ0v) is 9.98. The van der Waals surface area contributed by atoms with E-state index in [4.69, 9.17) is 5.11 Å². The fraction of sp³-hybridized carbons (Fsp3) is 0.273. The summed E-state index contributed by atoms with van der Waals surface area (Å²) in [5.41, 5.74) is 0.733. The van der Waals surface area contributed by atoms with Crippen LogP contribution in [0.5, 0.6) is 0 Å². The highest BCUT2D eigenvalue weighted by Crippen LogP contribution is 2.31. The van der Waals surface area contributed by atoms with Crippen LogP contribution >= 0.6 is 15.9 Å². The van der Waals surface area contributed by atoms with Crippen molar-refractivity contribution in [3.63, 3.8) is 0 Å². The molecule has 0 aliphatic carbocycles. The predicted molar refractivity (Wildman–Crippen MR) is 62.2 cm³/mol. The molecule has 1 heterocycles. The second-order valence-electron chi connectivity index (χ2n) is 3.70. The normalized spacial score (nSPS) is 20.2. The Bertz CT molecular complexity index is 447. The molecule has 1 aromatic carbocycles. The smallest absolute Gasteiger partial charge is 0.308 e. The van der Waals surface area contributed by atoms with Gasteiger partial charge in [0.2, 0.25) is 5.91 Å². The summed E-state index contributed by atoms with van der Waals surface area (Å²) in [5.74, 6) is -1.65. The second-order valence-corrected chi connectivity index (χ2v) is 4.55. The molecular weight excluding hydrogens is 274 g/mol. The van der Waals surface area contributed by atoms with Crippen LogP contribution in [0.1, 0.15) is 6.42 Å². The third-order valence-electron chi connectivity index (χ3n) is 2.62. The van der Waals surface area contributed by atoms with Crippen molar-refractivity contribution < 1.29 is 14.7 Å². The summed E-state index contributed by atoms with van der Waals surface area (Å²) in [6.45, 7) is 0.247. The summed E-state index contributed by atoms with van der Waals surface area (Å²) < 4.78 is 0.800. The highest BCUT2D eigenvalue weighted by molar-refractivity contribution is 9.10. The van der Waals surface area contributed by atoms with Crippen LogP contribution in [0.4, 0.5) is 5.69 Å². The summed E-state index contributed by atoms with van der Waals surface area (Å²) in [6, 6.07) is 7.30. The molecule has 0 bridgehead atoms. The molecule has 1 saturated heterocycles. The first-order chi connectivity index (χ1) is 7.59. The molecule has 1 amide bonds. The summed E-state index contributed by atoms with van der Waals surface area (Å²) in [5, 5.41) is 8.87. The molecule has 0 radical (unpaired) electrons. The SMILES string of the molecule is O=C(O)C1CC(=O)N(c2ccccc2Br)C1. The summed E-state index contributed by atoms with van der Waals surface area (Å²) >= 11 is 3.35. The van der Waals surface area contributed by atoms with Crippen LogP contribution in [-0.2, 0) is 9.59 Å². The first-order valence-electron chi connectivity index (χ1n) is 4.87. The molecule has 1 aliphatic heterocycles. The van der Waals surface area contributed by atoms with Crippen LogP contribution in [0.2, 0.25) is 0 Å². The van der Waals surface area contributed by atoms with E-state index >= 15 is 0 Å². The molecule has 1 aliphatic rings. The lowest BCUT2D eigenvalue weighted by Crippen LogP contribution is -2.26. The highest BCUT2D eigenvalue weighted by Gasteiger charge is 2.35. The van der Waals surface area contributed by atoms with E-state index in [0.717, 1.165) is 10.2 Å². The van der Waals surface area contributed by atoms with Crippen LogP contribution in [0.3, 0.4) is 0 Å². The number of nitrogens with zero attached hydrogens (tertiary/aromatic N) is 1. The predicted octanol–water partition coefficient (Wildman–Crippen LogP) is 1.89. The fourth-order valence-corrected chi connectivity index (χ4v) is 2.28. The number of hydrogen-bond acceptors (Lipinski definition) is 2. The minimum absolute atomic E-state index is 0.0800. The van der Waals surface area contributed by atoms with Crippen molar-refractivity contribution in [2.45, 2.75) is 6.42 Å². The molecule has 16 heavy (non-hydrogen) atoms. The lowest BCUT2D eigenvalue weighted by Gasteiger charge is -2.17. The van der Waals surface area contributed by atoms with Gasteiger partial charge in [-0.25, -0.2) is 0 Å². The van der Waals surface area contributed by atoms with Crippen molar-refractivity contribution in [3.05, 3.63) is 28.7 Å². The largest absolute Gasteiger partial charge is 0.481 e. The maximum Gasteiger partial charge on any atom is 0.308 e. The molecule has 4 nitrogen and oxygen atoms in total. The number of aliphatic carboxylic acids is 1. The van der Waals surface area contributed by atoms with Crippen LogP contribution in [-0.4, -0.2) is 23.5 Å². The van der Waals surface area contributed by atoms with Gasteiger partial charge < -0.3 is 10.0 Å². The number of para-hydroxylation sites is 1. The Balaban J connectivity index is 2.27. The molecule has 1 N–H and O–H groups in total. The van der Waals surface area contributed by atoms with Gasteiger partial charge in [-0.05, 0) is 28.1 Å². The van der Waals surface area contributed by atoms with E-state index in [9.17, 15) is 9.59 Å². The Hall–Kier alpha value is -1.36. The van der Waals surface area contributed by atoms with E-state index in [-0.39, 0.29) is 18.9 Å². The van der Waals surface area contributed by atoms with Crippen molar-refractivity contribution in [1.29, 1.82) is 0 Å². The van der Waals surface area contributed by atoms with E-state index in [1.165, 1.54) is 4.90 Å². The maximum absolute atomic E-state index is 11.7. The van der Waals surface area contributed by atoms with E-state index in [2.05, 4.69) is 15.9 Å². The summed E-state index contributed by atoms with van der Waals surface area (Å²) in [4.78, 5) is 24.0. The molecule has 1 atom stereocenters. The van der Waals surface area contributed by atoms with E-state index < -0.39 is 11.9 Å². The lowest BCUT2D eigenvalue weighted by atomic mass is 10.1. The molecule has 1 fully saturated rings. The molecule has 5 heteroatoms. The van der Waals surface area contributed by atoms with Crippen LogP contribution in [0, 0.1) is 5.92 Å². The fourth-order valence-electron chi connectivity index (χ4n) is 1.78. The Morgan fingerprint density at radius 2 is 2.12 bits per heavy atom. The number of benzene rings is 1. The quantitative estimate of drug-likeness (QED) is 0.902. The minimum atomic E-state index is -0.914. The van der Waals surface area contributed by atoms with Crippen LogP contribution < -0.4 is 4.90 Å². The Morgan fingerprint density at radius 3 is 2.69 bits per heavy atom. The van der Waals surface area contributed by atoms with Gasteiger partial charge in [0.05, 0.1) is 11.6 Å². The molecule has 84 valence electrons. The summed E-state index contributed by atoms with van der Waals surface area (Å²) in [6.07, 6.45) is 0.0800. The van der Waals surface area contributed by atoms with E-state index in [0.29, 0.717) is 0 Å². The lowest BCUT2D eigenvalue weighted by molar-refractivity contribution is -0.141. The van der Waals surface area contributed by atoms with Crippen molar-refractivity contribution in [1.82, 2.24) is 0 Å². The molecule has 1 aromatic rings. The molecule has 0 saturated carbocycles. The number of carbonyl (C=O) groups excluding carboxylic acids is 1. The average Bonchev–Trinajstić information content (AvgIpc) is 2.61. The molecular formula is C11H10BrNO3. The van der Waals surface area contributed by atoms with E-state index in [1.54, 1.807) is 6.07 Å². The number of halogens is 1. The monoisotopic (exact) mass is 283 g/mol. The molecule has 0 spiro atoms. The van der Waals surface area contributed by atoms with Gasteiger partial charge in [0, 0.05) is 17.4 Å². The van der Waals surface area contributed by atoms with Gasteiger partial charge in [0.1, 0.15) is 0 Å². The van der Waals surface area contributed by atoms with Crippen molar-refractivity contribution in [2.75, 3.05) is 11.4 Å². The van der Waals surface area contributed by atoms with Gasteiger partial charge in [-0.3, -0.25) is 9.59 Å². The standard InChI is InChI=1S/C11H10BrNO3/c12-8-3-1-2-4-9(8)13-6-7(11(15)16)5-10(13)14/h1-4,7H,5-6H2,(H,15,16). The topological polar surface area (TPSA) is 57.6 Å². The van der Waals surface area contributed by atoms with Gasteiger partial charge in [0.15, 0.2) is 0 Å². The Morgan fingerprint density at radius 1 is 1.44 bits per heavy atom. The zero-order valence-electron chi connectivity index (χ0n) is 8.39. The van der Waals surface area contributed by atoms with Crippen molar-refractivity contribution >= 4 is 33.5 Å². The third-order valence-corrected chi connectivity index (χ3v) is 3.29. The first-order valence-corrected chi connectivity index (χ1v) is 5.66. The van der Waals surface area contributed by atoms with Crippen molar-refractivity contribution in [3.8, 4) is 0 Å². The van der Waals surface area contributed by atoms with Gasteiger partial charge in [0.25, 0.3) is 0 Å². The number of anilines is 1. The number of rotatable bonds is 2. The second kappa shape index (κ2) is 4.25. The van der Waals surface area contributed by atoms with Gasteiger partial charge in [-0.15, -0.1) is 0 Å². The molecule has 1 unspecified atom stereocenters. The van der Waals surface area contributed by atoms with Crippen molar-refractivity contribution in [2.24, 2.45) is 5.92 Å². The van der Waals surface area contributed by atoms with E-state index in [1.807, 2.05) is 18.2 Å². The van der Waals surface area contributed by atoms with Crippen LogP contribution in [0.15, 0.2) is 28.7 Å². The molecule has 0 aromatic heterocycles. The number of carboxylic acids is 1. The first kappa shape index (κ1) is 11.1. The van der Waals surface area contributed by atoms with Gasteiger partial charge in [-0.1, -0.05) is 12.1 Å². The molecule has 2 rings (SSSR count). The average molecular weight is 284 g/mol. The number of hydrogen-bond donors (Lipinski definition) is 1. The zero-order chi connectivity index (χ0) is 11.7. The number of carbonyl (C=O) groups is 2. The summed E-state index contributed by atoms with van der Waals surface area (Å²) in [7, 11) is 0. The maximum atomic E-state index is 11.7. The van der Waals surface area contributed by atoms with Crippen LogP contribution in [0.25, 0.3) is 0 Å². The Labute approximate surface area is 101 Å². The number of carboxylic acid groups (broad SMARTS) is 1. The highest BCUT2D eigenvalue weighted by atomic mass is 79.9. The third kappa shape index (κ3) is 1.95.